The van der Waals surface area contributed by atoms with Crippen molar-refractivity contribution in [2.75, 3.05) is 33.2 Å². The van der Waals surface area contributed by atoms with Gasteiger partial charge in [-0.15, -0.1) is 0 Å². The normalized spacial score (nSPS) is 36.9. The van der Waals surface area contributed by atoms with Gasteiger partial charge >= 0.3 is 0 Å². The second-order valence-corrected chi connectivity index (χ2v) is 7.18. The lowest BCUT2D eigenvalue weighted by molar-refractivity contribution is -0.0515. The lowest BCUT2D eigenvalue weighted by Gasteiger charge is -2.56. The van der Waals surface area contributed by atoms with Gasteiger partial charge in [-0.3, -0.25) is 4.90 Å². The van der Waals surface area contributed by atoms with Gasteiger partial charge in [0.25, 0.3) is 0 Å². The summed E-state index contributed by atoms with van der Waals surface area (Å²) in [5, 5.41) is 0. The zero-order valence-electron chi connectivity index (χ0n) is 12.6. The first-order valence-electron chi connectivity index (χ1n) is 8.40. The molecule has 3 fully saturated rings. The van der Waals surface area contributed by atoms with Crippen LogP contribution in [0.15, 0.2) is 0 Å². The largest absolute Gasteiger partial charge is 0.329 e. The van der Waals surface area contributed by atoms with Gasteiger partial charge in [0.15, 0.2) is 0 Å². The molecular formula is C16H31N3. The van der Waals surface area contributed by atoms with Gasteiger partial charge in [-0.25, -0.2) is 0 Å². The highest BCUT2D eigenvalue weighted by molar-refractivity contribution is 5.01. The van der Waals surface area contributed by atoms with Gasteiger partial charge in [0.2, 0.25) is 0 Å². The first-order chi connectivity index (χ1) is 9.25. The maximum absolute atomic E-state index is 6.28. The van der Waals surface area contributed by atoms with Crippen molar-refractivity contribution >= 4 is 0 Å². The van der Waals surface area contributed by atoms with Crippen LogP contribution < -0.4 is 5.73 Å². The molecule has 0 radical (unpaired) electrons. The van der Waals surface area contributed by atoms with E-state index in [0.29, 0.717) is 5.54 Å². The summed E-state index contributed by atoms with van der Waals surface area (Å²) in [4.78, 5) is 5.35. The summed E-state index contributed by atoms with van der Waals surface area (Å²) in [5.74, 6) is 0.977. The smallest absolute Gasteiger partial charge is 0.0359 e. The third-order valence-electron chi connectivity index (χ3n) is 6.15. The minimum atomic E-state index is 0.327. The molecule has 0 aromatic heterocycles. The molecule has 3 aliphatic rings. The van der Waals surface area contributed by atoms with Crippen molar-refractivity contribution in [2.24, 2.45) is 11.7 Å². The summed E-state index contributed by atoms with van der Waals surface area (Å²) >= 11 is 0. The van der Waals surface area contributed by atoms with E-state index in [9.17, 15) is 0 Å². The number of likely N-dealkylation sites (tertiary alicyclic amines) is 2. The number of hydrogen-bond acceptors (Lipinski definition) is 3. The van der Waals surface area contributed by atoms with Crippen LogP contribution >= 0.6 is 0 Å². The van der Waals surface area contributed by atoms with Gasteiger partial charge in [0, 0.05) is 18.1 Å². The van der Waals surface area contributed by atoms with Crippen LogP contribution in [0, 0.1) is 5.92 Å². The van der Waals surface area contributed by atoms with E-state index < -0.39 is 0 Å². The molecule has 2 atom stereocenters. The first-order valence-corrected chi connectivity index (χ1v) is 8.40. The number of rotatable bonds is 2. The Balaban J connectivity index is 1.77. The maximum atomic E-state index is 6.28. The molecule has 1 saturated carbocycles. The van der Waals surface area contributed by atoms with E-state index in [1.807, 2.05) is 0 Å². The van der Waals surface area contributed by atoms with Crippen molar-refractivity contribution < 1.29 is 0 Å². The van der Waals surface area contributed by atoms with E-state index in [1.54, 1.807) is 0 Å². The standard InChI is InChI=1S/C16H31N3/c1-18-11-8-16(13-17,9-12-18)19-10-4-6-14-5-2-3-7-15(14)19/h14-15H,2-13,17H2,1H3/t14-,15-/m1/s1. The predicted molar refractivity (Wildman–Crippen MR) is 80.2 cm³/mol. The Hall–Kier alpha value is -0.120. The van der Waals surface area contributed by atoms with E-state index in [4.69, 9.17) is 5.73 Å². The lowest BCUT2D eigenvalue weighted by Crippen LogP contribution is -2.64. The number of hydrogen-bond donors (Lipinski definition) is 1. The van der Waals surface area contributed by atoms with Crippen molar-refractivity contribution in [2.45, 2.75) is 62.9 Å². The van der Waals surface area contributed by atoms with Crippen LogP contribution in [0.3, 0.4) is 0 Å². The molecule has 2 aliphatic heterocycles. The maximum Gasteiger partial charge on any atom is 0.0359 e. The zero-order chi connectivity index (χ0) is 13.3. The van der Waals surface area contributed by atoms with Gasteiger partial charge in [0.05, 0.1) is 0 Å². The van der Waals surface area contributed by atoms with Crippen LogP contribution in [0.1, 0.15) is 51.4 Å². The van der Waals surface area contributed by atoms with Crippen LogP contribution in [-0.2, 0) is 0 Å². The third kappa shape index (κ3) is 2.57. The van der Waals surface area contributed by atoms with Crippen molar-refractivity contribution in [1.29, 1.82) is 0 Å². The summed E-state index contributed by atoms with van der Waals surface area (Å²) in [5.41, 5.74) is 6.60. The highest BCUT2D eigenvalue weighted by atomic mass is 15.3. The van der Waals surface area contributed by atoms with Crippen LogP contribution in [0.2, 0.25) is 0 Å². The Labute approximate surface area is 118 Å². The molecule has 2 saturated heterocycles. The summed E-state index contributed by atoms with van der Waals surface area (Å²) in [6.07, 6.45) is 11.3. The van der Waals surface area contributed by atoms with E-state index >= 15 is 0 Å². The lowest BCUT2D eigenvalue weighted by atomic mass is 9.74. The Bertz CT molecular complexity index is 294. The van der Waals surface area contributed by atoms with Gasteiger partial charge in [-0.1, -0.05) is 12.8 Å². The molecule has 110 valence electrons. The highest BCUT2D eigenvalue weighted by Crippen LogP contribution is 2.41. The molecule has 0 unspecified atom stereocenters. The minimum absolute atomic E-state index is 0.327. The second kappa shape index (κ2) is 5.71. The highest BCUT2D eigenvalue weighted by Gasteiger charge is 2.45. The molecule has 0 amide bonds. The number of nitrogens with zero attached hydrogens (tertiary/aromatic N) is 2. The van der Waals surface area contributed by atoms with Gasteiger partial charge in [-0.2, -0.15) is 0 Å². The molecule has 0 spiro atoms. The zero-order valence-corrected chi connectivity index (χ0v) is 12.6. The fourth-order valence-electron chi connectivity index (χ4n) is 4.86. The summed E-state index contributed by atoms with van der Waals surface area (Å²) in [6, 6.07) is 0.856. The van der Waals surface area contributed by atoms with Crippen molar-refractivity contribution in [1.82, 2.24) is 9.80 Å². The molecule has 2 heterocycles. The average molecular weight is 265 g/mol. The molecule has 2 N–H and O–H groups in total. The Morgan fingerprint density at radius 2 is 1.68 bits per heavy atom. The molecule has 1 aliphatic carbocycles. The van der Waals surface area contributed by atoms with E-state index in [1.165, 1.54) is 71.0 Å². The molecular weight excluding hydrogens is 234 g/mol. The quantitative estimate of drug-likeness (QED) is 0.829. The average Bonchev–Trinajstić information content (AvgIpc) is 2.48. The topological polar surface area (TPSA) is 32.5 Å². The number of piperidine rings is 2. The fourth-order valence-corrected chi connectivity index (χ4v) is 4.86. The second-order valence-electron chi connectivity index (χ2n) is 7.18. The Kier molecular flexibility index (Phi) is 4.16. The van der Waals surface area contributed by atoms with E-state index in [2.05, 4.69) is 16.8 Å². The number of nitrogens with two attached hydrogens (primary N) is 1. The van der Waals surface area contributed by atoms with Crippen LogP contribution in [0.25, 0.3) is 0 Å². The molecule has 0 bridgehead atoms. The van der Waals surface area contributed by atoms with Gasteiger partial charge in [0.1, 0.15) is 0 Å². The summed E-state index contributed by atoms with van der Waals surface area (Å²) < 4.78 is 0. The third-order valence-corrected chi connectivity index (χ3v) is 6.15. The predicted octanol–water partition coefficient (Wildman–Crippen LogP) is 2.06. The Morgan fingerprint density at radius 1 is 1.00 bits per heavy atom. The number of fused-ring (bicyclic) bond motifs is 1. The molecule has 3 nitrogen and oxygen atoms in total. The summed E-state index contributed by atoms with van der Waals surface area (Å²) in [6.45, 7) is 4.63. The van der Waals surface area contributed by atoms with Crippen molar-refractivity contribution in [3.63, 3.8) is 0 Å². The van der Waals surface area contributed by atoms with Gasteiger partial charge in [-0.05, 0) is 71.1 Å². The van der Waals surface area contributed by atoms with Crippen molar-refractivity contribution in [3.05, 3.63) is 0 Å². The SMILES string of the molecule is CN1CCC(CN)(N2CCC[C@H]3CCCC[C@H]32)CC1. The van der Waals surface area contributed by atoms with E-state index in [-0.39, 0.29) is 0 Å². The fraction of sp³-hybridized carbons (Fsp3) is 1.00. The molecule has 0 aromatic rings. The summed E-state index contributed by atoms with van der Waals surface area (Å²) in [7, 11) is 2.25. The Morgan fingerprint density at radius 3 is 2.42 bits per heavy atom. The first kappa shape index (κ1) is 13.8. The van der Waals surface area contributed by atoms with Gasteiger partial charge < -0.3 is 10.6 Å². The van der Waals surface area contributed by atoms with Crippen LogP contribution in [0.5, 0.6) is 0 Å². The van der Waals surface area contributed by atoms with E-state index in [0.717, 1.165) is 18.5 Å². The minimum Gasteiger partial charge on any atom is -0.329 e. The molecule has 3 rings (SSSR count). The monoisotopic (exact) mass is 265 g/mol. The molecule has 19 heavy (non-hydrogen) atoms. The molecule has 0 aromatic carbocycles. The van der Waals surface area contributed by atoms with Crippen molar-refractivity contribution in [3.8, 4) is 0 Å². The molecule has 3 heteroatoms. The van der Waals surface area contributed by atoms with Crippen LogP contribution in [-0.4, -0.2) is 54.6 Å². The van der Waals surface area contributed by atoms with Crippen LogP contribution in [0.4, 0.5) is 0 Å².